The Morgan fingerprint density at radius 1 is 0.724 bits per heavy atom. The van der Waals surface area contributed by atoms with E-state index >= 15 is 0 Å². The number of nitrogens with zero attached hydrogens (tertiary/aromatic N) is 1. The summed E-state index contributed by atoms with van der Waals surface area (Å²) in [5.41, 5.74) is 2.23. The second-order valence-electron chi connectivity index (χ2n) is 6.52. The van der Waals surface area contributed by atoms with Crippen molar-refractivity contribution in [2.45, 2.75) is 19.9 Å². The highest BCUT2D eigenvalue weighted by Gasteiger charge is 2.24. The molecule has 29 heavy (non-hydrogen) atoms. The minimum Gasteiger partial charge on any atom is -0.493 e. The lowest BCUT2D eigenvalue weighted by Crippen LogP contribution is -2.37. The number of rotatable bonds is 8. The Kier molecular flexibility index (Phi) is 6.32. The molecule has 1 heterocycles. The largest absolute Gasteiger partial charge is 0.493 e. The topological polar surface area (TPSA) is 50.0 Å². The van der Waals surface area contributed by atoms with Gasteiger partial charge in [-0.05, 0) is 30.7 Å². The van der Waals surface area contributed by atoms with Crippen LogP contribution in [0.5, 0.6) is 28.7 Å². The molecule has 0 amide bonds. The molecule has 3 aromatic rings. The molecule has 0 N–H and O–H groups in total. The Hall–Kier alpha value is -3.15. The maximum Gasteiger partial charge on any atom is 0.204 e. The molecule has 0 aliphatic rings. The number of ether oxygens (including phenoxy) is 5. The van der Waals surface area contributed by atoms with Crippen molar-refractivity contribution in [3.63, 3.8) is 0 Å². The standard InChI is InChI=1S/C23H28NO5/c1-7-24-11-10-16-14-20(27-4)22(28-5)23(29-6)21(16)17(24)12-15-8-9-18(25-2)19(13-15)26-3/h8-11,13-14H,7,12H2,1-6H3/q+1. The monoisotopic (exact) mass is 398 g/mol. The molecule has 6 nitrogen and oxygen atoms in total. The number of benzene rings is 2. The molecule has 0 aliphatic carbocycles. The van der Waals surface area contributed by atoms with Crippen molar-refractivity contribution < 1.29 is 28.3 Å². The van der Waals surface area contributed by atoms with E-state index in [1.807, 2.05) is 24.3 Å². The van der Waals surface area contributed by atoms with Crippen molar-refractivity contribution in [2.24, 2.45) is 0 Å². The fourth-order valence-electron chi connectivity index (χ4n) is 3.68. The highest BCUT2D eigenvalue weighted by Crippen LogP contribution is 2.44. The quantitative estimate of drug-likeness (QED) is 0.541. The van der Waals surface area contributed by atoms with Gasteiger partial charge in [-0.2, -0.15) is 0 Å². The van der Waals surface area contributed by atoms with Crippen LogP contribution in [0.4, 0.5) is 0 Å². The van der Waals surface area contributed by atoms with Crippen LogP contribution in [-0.2, 0) is 13.0 Å². The number of aromatic nitrogens is 1. The molecule has 0 unspecified atom stereocenters. The van der Waals surface area contributed by atoms with Crippen molar-refractivity contribution in [1.82, 2.24) is 0 Å². The summed E-state index contributed by atoms with van der Waals surface area (Å²) in [6.07, 6.45) is 2.78. The maximum absolute atomic E-state index is 5.79. The smallest absolute Gasteiger partial charge is 0.204 e. The van der Waals surface area contributed by atoms with Crippen LogP contribution < -0.4 is 28.3 Å². The van der Waals surface area contributed by atoms with Gasteiger partial charge in [0.15, 0.2) is 34.9 Å². The van der Waals surface area contributed by atoms with E-state index in [0.29, 0.717) is 35.2 Å². The Balaban J connectivity index is 2.25. The third kappa shape index (κ3) is 3.75. The van der Waals surface area contributed by atoms with Gasteiger partial charge >= 0.3 is 0 Å². The Morgan fingerprint density at radius 2 is 1.41 bits per heavy atom. The van der Waals surface area contributed by atoms with Gasteiger partial charge in [0.2, 0.25) is 5.75 Å². The van der Waals surface area contributed by atoms with Crippen LogP contribution in [0.25, 0.3) is 10.8 Å². The average molecular weight is 398 g/mol. The third-order valence-corrected chi connectivity index (χ3v) is 5.09. The number of pyridine rings is 1. The minimum atomic E-state index is 0.588. The summed E-state index contributed by atoms with van der Waals surface area (Å²) in [5.74, 6) is 3.31. The van der Waals surface area contributed by atoms with Crippen LogP contribution in [-0.4, -0.2) is 35.5 Å². The number of aryl methyl sites for hydroxylation is 1. The normalized spacial score (nSPS) is 10.7. The summed E-state index contributed by atoms with van der Waals surface area (Å²) in [4.78, 5) is 0. The van der Waals surface area contributed by atoms with Gasteiger partial charge in [-0.3, -0.25) is 0 Å². The second kappa shape index (κ2) is 8.90. The molecule has 0 atom stereocenters. The molecule has 0 spiro atoms. The highest BCUT2D eigenvalue weighted by molar-refractivity contribution is 5.94. The predicted molar refractivity (Wildman–Crippen MR) is 112 cm³/mol. The molecule has 2 aromatic carbocycles. The summed E-state index contributed by atoms with van der Waals surface area (Å²) in [5, 5.41) is 2.03. The van der Waals surface area contributed by atoms with E-state index in [9.17, 15) is 0 Å². The van der Waals surface area contributed by atoms with Gasteiger partial charge in [0.1, 0.15) is 6.54 Å². The van der Waals surface area contributed by atoms with E-state index in [-0.39, 0.29) is 0 Å². The van der Waals surface area contributed by atoms with Crippen LogP contribution in [0.2, 0.25) is 0 Å². The zero-order chi connectivity index (χ0) is 21.0. The van der Waals surface area contributed by atoms with Gasteiger partial charge in [-0.1, -0.05) is 6.07 Å². The first-order valence-electron chi connectivity index (χ1n) is 9.46. The zero-order valence-corrected chi connectivity index (χ0v) is 17.9. The first-order chi connectivity index (χ1) is 14.1. The highest BCUT2D eigenvalue weighted by atomic mass is 16.5. The number of hydrogen-bond acceptors (Lipinski definition) is 5. The predicted octanol–water partition coefficient (Wildman–Crippen LogP) is 3.78. The SMILES string of the molecule is CC[n+]1ccc2cc(OC)c(OC)c(OC)c2c1Cc1ccc(OC)c(OC)c1. The second-order valence-corrected chi connectivity index (χ2v) is 6.52. The van der Waals surface area contributed by atoms with Crippen molar-refractivity contribution in [3.8, 4) is 28.7 Å². The average Bonchev–Trinajstić information content (AvgIpc) is 2.77. The van der Waals surface area contributed by atoms with E-state index < -0.39 is 0 Å². The minimum absolute atomic E-state index is 0.588. The number of hydrogen-bond donors (Lipinski definition) is 0. The summed E-state index contributed by atoms with van der Waals surface area (Å²) in [6.45, 7) is 2.95. The van der Waals surface area contributed by atoms with Gasteiger partial charge in [0.05, 0.1) is 47.4 Å². The molecule has 1 aromatic heterocycles. The zero-order valence-electron chi connectivity index (χ0n) is 17.9. The fraction of sp³-hybridized carbons (Fsp3) is 0.348. The van der Waals surface area contributed by atoms with Gasteiger partial charge in [0, 0.05) is 11.5 Å². The number of methoxy groups -OCH3 is 5. The summed E-state index contributed by atoms with van der Waals surface area (Å²) in [7, 11) is 8.18. The maximum atomic E-state index is 5.79. The van der Waals surface area contributed by atoms with Crippen LogP contribution in [0, 0.1) is 0 Å². The molecular weight excluding hydrogens is 370 g/mol. The Labute approximate surface area is 171 Å². The number of fused-ring (bicyclic) bond motifs is 1. The Bertz CT molecular complexity index is 1020. The van der Waals surface area contributed by atoms with Crippen LogP contribution in [0.3, 0.4) is 0 Å². The van der Waals surface area contributed by atoms with Gasteiger partial charge in [-0.25, -0.2) is 4.57 Å². The lowest BCUT2D eigenvalue weighted by Gasteiger charge is -2.16. The summed E-state index contributed by atoms with van der Waals surface area (Å²) in [6, 6.07) is 10.0. The van der Waals surface area contributed by atoms with E-state index in [1.165, 1.54) is 0 Å². The van der Waals surface area contributed by atoms with Crippen LogP contribution >= 0.6 is 0 Å². The molecule has 0 radical (unpaired) electrons. The van der Waals surface area contributed by atoms with E-state index in [2.05, 4.69) is 23.8 Å². The van der Waals surface area contributed by atoms with E-state index in [0.717, 1.165) is 28.6 Å². The molecule has 0 bridgehead atoms. The molecule has 6 heteroatoms. The lowest BCUT2D eigenvalue weighted by molar-refractivity contribution is -0.699. The van der Waals surface area contributed by atoms with Gasteiger partial charge in [-0.15, -0.1) is 0 Å². The fourth-order valence-corrected chi connectivity index (χ4v) is 3.68. The third-order valence-electron chi connectivity index (χ3n) is 5.09. The Morgan fingerprint density at radius 3 is 2.00 bits per heavy atom. The van der Waals surface area contributed by atoms with E-state index in [1.54, 1.807) is 35.5 Å². The van der Waals surface area contributed by atoms with Crippen LogP contribution in [0.1, 0.15) is 18.2 Å². The van der Waals surface area contributed by atoms with Crippen molar-refractivity contribution in [3.05, 3.63) is 47.8 Å². The molecule has 0 saturated carbocycles. The molecule has 0 fully saturated rings. The van der Waals surface area contributed by atoms with Crippen LogP contribution in [0.15, 0.2) is 36.5 Å². The van der Waals surface area contributed by atoms with Crippen molar-refractivity contribution in [1.29, 1.82) is 0 Å². The summed E-state index contributed by atoms with van der Waals surface area (Å²) >= 11 is 0. The van der Waals surface area contributed by atoms with Gasteiger partial charge in [0.25, 0.3) is 0 Å². The molecular formula is C23H28NO5+. The van der Waals surface area contributed by atoms with Gasteiger partial charge < -0.3 is 23.7 Å². The summed E-state index contributed by atoms with van der Waals surface area (Å²) < 4.78 is 30.0. The first kappa shape index (κ1) is 20.6. The molecule has 3 rings (SSSR count). The first-order valence-corrected chi connectivity index (χ1v) is 9.46. The molecule has 154 valence electrons. The molecule has 0 saturated heterocycles. The molecule has 0 aliphatic heterocycles. The van der Waals surface area contributed by atoms with E-state index in [4.69, 9.17) is 23.7 Å². The lowest BCUT2D eigenvalue weighted by atomic mass is 10.0. The van der Waals surface area contributed by atoms with Crippen molar-refractivity contribution in [2.75, 3.05) is 35.5 Å². The van der Waals surface area contributed by atoms with Crippen molar-refractivity contribution >= 4 is 10.8 Å².